The van der Waals surface area contributed by atoms with Crippen molar-refractivity contribution in [3.8, 4) is 11.6 Å². The molecule has 0 saturated heterocycles. The summed E-state index contributed by atoms with van der Waals surface area (Å²) in [7, 11) is 0. The summed E-state index contributed by atoms with van der Waals surface area (Å²) in [6.07, 6.45) is -0.108. The van der Waals surface area contributed by atoms with E-state index < -0.39 is 6.10 Å². The lowest BCUT2D eigenvalue weighted by Gasteiger charge is -2.18. The molecule has 8 heteroatoms. The van der Waals surface area contributed by atoms with E-state index in [-0.39, 0.29) is 23.4 Å². The highest BCUT2D eigenvalue weighted by molar-refractivity contribution is 7.09. The Kier molecular flexibility index (Phi) is 8.66. The summed E-state index contributed by atoms with van der Waals surface area (Å²) in [5, 5.41) is 23.0. The molecule has 7 nitrogen and oxygen atoms in total. The number of ether oxygens (including phenoxy) is 2. The number of aromatic amines is 1. The van der Waals surface area contributed by atoms with E-state index in [0.29, 0.717) is 31.1 Å². The molecule has 4 N–H and O–H groups in total. The summed E-state index contributed by atoms with van der Waals surface area (Å²) >= 11 is 1.01. The second-order valence-electron chi connectivity index (χ2n) is 7.38. The van der Waals surface area contributed by atoms with Gasteiger partial charge in [-0.1, -0.05) is 53.8 Å². The molecule has 0 saturated carbocycles. The van der Waals surface area contributed by atoms with Crippen molar-refractivity contribution >= 4 is 11.3 Å². The van der Waals surface area contributed by atoms with Gasteiger partial charge >= 0.3 is 4.87 Å². The van der Waals surface area contributed by atoms with Crippen molar-refractivity contribution in [3.05, 3.63) is 80.3 Å². The van der Waals surface area contributed by atoms with Crippen LogP contribution in [0.25, 0.3) is 0 Å². The van der Waals surface area contributed by atoms with Crippen molar-refractivity contribution in [1.82, 2.24) is 10.3 Å². The number of benzene rings is 2. The first-order chi connectivity index (χ1) is 15.0. The summed E-state index contributed by atoms with van der Waals surface area (Å²) in [6.45, 7) is 3.61. The van der Waals surface area contributed by atoms with Crippen molar-refractivity contribution in [1.29, 1.82) is 0 Å². The van der Waals surface area contributed by atoms with E-state index in [2.05, 4.69) is 10.3 Å². The molecule has 2 unspecified atom stereocenters. The smallest absolute Gasteiger partial charge is 0.307 e. The number of aliphatic hydroxyl groups is 1. The zero-order valence-electron chi connectivity index (χ0n) is 17.4. The van der Waals surface area contributed by atoms with Crippen molar-refractivity contribution in [2.24, 2.45) is 0 Å². The average Bonchev–Trinajstić information content (AvgIpc) is 3.09. The van der Waals surface area contributed by atoms with E-state index >= 15 is 0 Å². The molecule has 0 spiro atoms. The van der Waals surface area contributed by atoms with Crippen molar-refractivity contribution in [3.63, 3.8) is 0 Å². The van der Waals surface area contributed by atoms with Crippen LogP contribution < -0.4 is 14.9 Å². The molecular weight excluding hydrogens is 416 g/mol. The van der Waals surface area contributed by atoms with Crippen LogP contribution in [0.3, 0.4) is 0 Å². The third kappa shape index (κ3) is 7.84. The number of rotatable bonds is 12. The number of nitrogens with one attached hydrogen (secondary N) is 2. The molecule has 0 aliphatic carbocycles. The van der Waals surface area contributed by atoms with E-state index in [1.807, 2.05) is 61.5 Å². The number of aromatic hydroxyl groups is 1. The minimum absolute atomic E-state index is 0.0533. The summed E-state index contributed by atoms with van der Waals surface area (Å²) < 4.78 is 11.3. The Balaban J connectivity index is 1.33. The molecule has 31 heavy (non-hydrogen) atoms. The fourth-order valence-corrected chi connectivity index (χ4v) is 3.68. The Morgan fingerprint density at radius 1 is 1.06 bits per heavy atom. The van der Waals surface area contributed by atoms with Crippen LogP contribution in [0.15, 0.2) is 59.4 Å². The lowest BCUT2D eigenvalue weighted by atomic mass is 10.1. The molecule has 0 fully saturated rings. The van der Waals surface area contributed by atoms with E-state index in [9.17, 15) is 15.0 Å². The van der Waals surface area contributed by atoms with Crippen molar-refractivity contribution in [2.45, 2.75) is 32.1 Å². The molecule has 3 rings (SSSR count). The maximum atomic E-state index is 11.3. The third-order valence-electron chi connectivity index (χ3n) is 4.61. The summed E-state index contributed by atoms with van der Waals surface area (Å²) in [5.74, 6) is 0.665. The van der Waals surface area contributed by atoms with E-state index in [1.165, 1.54) is 0 Å². The minimum atomic E-state index is -0.592. The van der Waals surface area contributed by atoms with Crippen LogP contribution in [0.1, 0.15) is 22.9 Å². The van der Waals surface area contributed by atoms with Crippen LogP contribution in [0.2, 0.25) is 0 Å². The molecule has 1 aromatic heterocycles. The lowest BCUT2D eigenvalue weighted by Crippen LogP contribution is -2.38. The third-order valence-corrected chi connectivity index (χ3v) is 5.48. The highest BCUT2D eigenvalue weighted by atomic mass is 32.1. The lowest BCUT2D eigenvalue weighted by molar-refractivity contribution is 0.0271. The Hall–Kier alpha value is -2.65. The normalized spacial score (nSPS) is 13.1. The number of thiazole rings is 1. The summed E-state index contributed by atoms with van der Waals surface area (Å²) in [5.41, 5.74) is 2.05. The van der Waals surface area contributed by atoms with Crippen molar-refractivity contribution in [2.75, 3.05) is 19.8 Å². The van der Waals surface area contributed by atoms with Crippen molar-refractivity contribution < 1.29 is 19.7 Å². The van der Waals surface area contributed by atoms with Gasteiger partial charge in [0.2, 0.25) is 5.88 Å². The van der Waals surface area contributed by atoms with Crippen LogP contribution in [0, 0.1) is 0 Å². The van der Waals surface area contributed by atoms with E-state index in [1.54, 1.807) is 0 Å². The standard InChI is InChI=1S/C23H28N2O5S/c1-16(24-12-19(26)15-29-14-18-5-3-2-4-6-18)13-30-20-9-7-17(8-10-20)11-21-22(27)25-23(28)31-21/h2-10,16,19,24,26-27H,11-15H2,1H3,(H,25,28). The molecule has 0 amide bonds. The fourth-order valence-electron chi connectivity index (χ4n) is 2.92. The first kappa shape index (κ1) is 23.0. The van der Waals surface area contributed by atoms with Crippen LogP contribution in [-0.2, 0) is 17.8 Å². The zero-order valence-corrected chi connectivity index (χ0v) is 18.2. The predicted octanol–water partition coefficient (Wildman–Crippen LogP) is 2.67. The Labute approximate surface area is 185 Å². The topological polar surface area (TPSA) is 104 Å². The van der Waals surface area contributed by atoms with E-state index in [0.717, 1.165) is 28.2 Å². The molecule has 0 bridgehead atoms. The largest absolute Gasteiger partial charge is 0.494 e. The van der Waals surface area contributed by atoms with Gasteiger partial charge in [0.25, 0.3) is 0 Å². The summed E-state index contributed by atoms with van der Waals surface area (Å²) in [4.78, 5) is 14.0. The van der Waals surface area contributed by atoms with Gasteiger partial charge in [-0.05, 0) is 30.2 Å². The Morgan fingerprint density at radius 3 is 2.48 bits per heavy atom. The number of aliphatic hydroxyl groups excluding tert-OH is 1. The van der Waals surface area contributed by atoms with Gasteiger partial charge in [0.1, 0.15) is 12.4 Å². The SMILES string of the molecule is CC(COc1ccc(Cc2sc(=O)[nH]c2O)cc1)NCC(O)COCc1ccccc1. The highest BCUT2D eigenvalue weighted by Gasteiger charge is 2.10. The van der Waals surface area contributed by atoms with Gasteiger partial charge in [0.15, 0.2) is 0 Å². The molecule has 0 aliphatic rings. The number of H-pyrrole nitrogens is 1. The van der Waals surface area contributed by atoms with Crippen LogP contribution >= 0.6 is 11.3 Å². The molecule has 0 radical (unpaired) electrons. The second-order valence-corrected chi connectivity index (χ2v) is 8.45. The molecule has 166 valence electrons. The van der Waals surface area contributed by atoms with E-state index in [4.69, 9.17) is 9.47 Å². The zero-order chi connectivity index (χ0) is 22.1. The second kappa shape index (κ2) is 11.7. The maximum Gasteiger partial charge on any atom is 0.307 e. The monoisotopic (exact) mass is 444 g/mol. The molecular formula is C23H28N2O5S. The van der Waals surface area contributed by atoms with Gasteiger partial charge in [-0.15, -0.1) is 0 Å². The van der Waals surface area contributed by atoms with Crippen LogP contribution in [0.4, 0.5) is 0 Å². The molecule has 0 aliphatic heterocycles. The molecule has 2 aromatic carbocycles. The predicted molar refractivity (Wildman–Crippen MR) is 121 cm³/mol. The number of hydrogen-bond donors (Lipinski definition) is 4. The fraction of sp³-hybridized carbons (Fsp3) is 0.348. The van der Waals surface area contributed by atoms with Gasteiger partial charge in [-0.25, -0.2) is 0 Å². The van der Waals surface area contributed by atoms with Gasteiger partial charge in [-0.2, -0.15) is 0 Å². The Bertz CT molecular complexity index is 972. The summed E-state index contributed by atoms with van der Waals surface area (Å²) in [6, 6.07) is 17.5. The van der Waals surface area contributed by atoms with Gasteiger partial charge in [0, 0.05) is 19.0 Å². The minimum Gasteiger partial charge on any atom is -0.494 e. The van der Waals surface area contributed by atoms with Gasteiger partial charge < -0.3 is 25.0 Å². The van der Waals surface area contributed by atoms with Gasteiger partial charge in [0.05, 0.1) is 24.2 Å². The Morgan fingerprint density at radius 2 is 1.81 bits per heavy atom. The molecule has 3 aromatic rings. The molecule has 2 atom stereocenters. The first-order valence-corrected chi connectivity index (χ1v) is 11.0. The number of hydrogen-bond acceptors (Lipinski definition) is 7. The van der Waals surface area contributed by atoms with Gasteiger partial charge in [-0.3, -0.25) is 9.78 Å². The average molecular weight is 445 g/mol. The quantitative estimate of drug-likeness (QED) is 0.342. The first-order valence-electron chi connectivity index (χ1n) is 10.2. The molecule has 1 heterocycles. The maximum absolute atomic E-state index is 11.3. The van der Waals surface area contributed by atoms with Crippen LogP contribution in [0.5, 0.6) is 11.6 Å². The van der Waals surface area contributed by atoms with Crippen LogP contribution in [-0.4, -0.2) is 47.1 Å². The highest BCUT2D eigenvalue weighted by Crippen LogP contribution is 2.21. The number of aromatic nitrogens is 1.